The van der Waals surface area contributed by atoms with Gasteiger partial charge in [-0.1, -0.05) is 32.0 Å². The molecule has 6 heteroatoms. The minimum atomic E-state index is -0.0956. The van der Waals surface area contributed by atoms with Gasteiger partial charge in [-0.25, -0.2) is 9.78 Å². The average Bonchev–Trinajstić information content (AvgIpc) is 2.94. The minimum Gasteiger partial charge on any atom is -0.241 e. The highest BCUT2D eigenvalue weighted by Gasteiger charge is 2.26. The van der Waals surface area contributed by atoms with E-state index in [1.54, 1.807) is 7.05 Å². The second-order valence-electron chi connectivity index (χ2n) is 5.24. The third kappa shape index (κ3) is 3.52. The van der Waals surface area contributed by atoms with Crippen molar-refractivity contribution >= 4 is 27.4 Å². The van der Waals surface area contributed by atoms with E-state index in [2.05, 4.69) is 24.0 Å². The number of carbonyl (C=O) groups is 1. The number of hydrogen-bond donors (Lipinski definition) is 0. The maximum Gasteiger partial charge on any atom is 0.343 e. The quantitative estimate of drug-likeness (QED) is 0.794. The molecule has 5 nitrogen and oxygen atoms in total. The summed E-state index contributed by atoms with van der Waals surface area (Å²) in [7, 11) is 1.69. The summed E-state index contributed by atoms with van der Waals surface area (Å²) in [5, 5.41) is 3.77. The van der Waals surface area contributed by atoms with E-state index in [9.17, 15) is 9.70 Å². The number of aromatic nitrogens is 1. The van der Waals surface area contributed by atoms with Gasteiger partial charge in [-0.2, -0.15) is 4.90 Å². The van der Waals surface area contributed by atoms with Crippen LogP contribution in [0.1, 0.15) is 29.8 Å². The Morgan fingerprint density at radius 2 is 2.10 bits per heavy atom. The number of thiazole rings is 1. The topological polar surface area (TPSA) is 63.9 Å². The zero-order valence-electron chi connectivity index (χ0n) is 12.3. The average molecular weight is 304 g/mol. The number of carbonyl (C=O) groups excluding carboxylic acids is 1. The van der Waals surface area contributed by atoms with Gasteiger partial charge in [-0.15, -0.1) is 4.91 Å². The Balaban J connectivity index is 2.28. The molecule has 1 heterocycles. The summed E-state index contributed by atoms with van der Waals surface area (Å²) in [5.74, 6) is 0.380. The molecule has 0 saturated carbocycles. The molecule has 0 bridgehead atoms. The molecule has 0 aliphatic carbocycles. The van der Waals surface area contributed by atoms with Gasteiger partial charge in [0.1, 0.15) is 6.20 Å². The fourth-order valence-corrected chi connectivity index (χ4v) is 2.80. The lowest BCUT2D eigenvalue weighted by atomic mass is 9.97. The number of amides is 1. The van der Waals surface area contributed by atoms with Crippen molar-refractivity contribution in [3.8, 4) is 0 Å². The predicted molar refractivity (Wildman–Crippen MR) is 84.0 cm³/mol. The van der Waals surface area contributed by atoms with Gasteiger partial charge in [0.2, 0.25) is 5.00 Å². The smallest absolute Gasteiger partial charge is 0.241 e. The van der Waals surface area contributed by atoms with Crippen LogP contribution >= 0.6 is 11.3 Å². The lowest BCUT2D eigenvalue weighted by Crippen LogP contribution is -2.30. The molecule has 0 spiro atoms. The Labute approximate surface area is 127 Å². The van der Waals surface area contributed by atoms with Crippen LogP contribution in [0.2, 0.25) is 0 Å². The van der Waals surface area contributed by atoms with E-state index in [4.69, 9.17) is 0 Å². The summed E-state index contributed by atoms with van der Waals surface area (Å²) >= 11 is 1.15. The highest BCUT2D eigenvalue weighted by molar-refractivity contribution is 7.18. The van der Waals surface area contributed by atoms with Crippen LogP contribution in [0.25, 0.3) is 0 Å². The van der Waals surface area contributed by atoms with Crippen molar-refractivity contribution in [1.82, 2.24) is 0 Å². The zero-order chi connectivity index (χ0) is 15.4. The molecule has 0 aliphatic heterocycles. The van der Waals surface area contributed by atoms with Crippen LogP contribution in [0, 0.1) is 10.8 Å². The monoisotopic (exact) mass is 304 g/mol. The Hall–Kier alpha value is -2.08. The van der Waals surface area contributed by atoms with Crippen LogP contribution in [-0.2, 0) is 6.42 Å². The first-order chi connectivity index (χ1) is 10.0. The van der Waals surface area contributed by atoms with E-state index < -0.39 is 0 Å². The molecule has 0 unspecified atom stereocenters. The van der Waals surface area contributed by atoms with Crippen LogP contribution in [0.15, 0.2) is 35.6 Å². The van der Waals surface area contributed by atoms with Gasteiger partial charge in [0, 0.05) is 0 Å². The molecule has 110 valence electrons. The molecule has 2 aromatic rings. The third-order valence-electron chi connectivity index (χ3n) is 3.10. The van der Waals surface area contributed by atoms with Gasteiger partial charge in [-0.3, -0.25) is 0 Å². The largest absolute Gasteiger partial charge is 0.343 e. The molecular weight excluding hydrogens is 286 g/mol. The van der Waals surface area contributed by atoms with Gasteiger partial charge in [0.25, 0.3) is 0 Å². The molecular formula is C15H18N3O2S+. The Morgan fingerprint density at radius 1 is 1.38 bits per heavy atom. The number of nitroso groups, excluding NO2 is 1. The van der Waals surface area contributed by atoms with Crippen LogP contribution < -0.4 is 9.88 Å². The predicted octanol–water partition coefficient (Wildman–Crippen LogP) is 3.44. The van der Waals surface area contributed by atoms with Crippen LogP contribution in [-0.4, -0.2) is 13.0 Å². The normalized spacial score (nSPS) is 10.7. The molecule has 2 rings (SSSR count). The first kappa shape index (κ1) is 15.3. The Kier molecular flexibility index (Phi) is 4.80. The van der Waals surface area contributed by atoms with E-state index in [0.29, 0.717) is 21.6 Å². The summed E-state index contributed by atoms with van der Waals surface area (Å²) in [5.41, 5.74) is 1.73. The van der Waals surface area contributed by atoms with Crippen LogP contribution in [0.5, 0.6) is 0 Å². The Bertz CT molecular complexity index is 652. The Morgan fingerprint density at radius 3 is 2.71 bits per heavy atom. The van der Waals surface area contributed by atoms with Gasteiger partial charge in [-0.05, 0) is 40.5 Å². The van der Waals surface area contributed by atoms with Gasteiger partial charge in [0.15, 0.2) is 0 Å². The lowest BCUT2D eigenvalue weighted by molar-refractivity contribution is -0.355. The molecule has 0 radical (unpaired) electrons. The molecule has 1 amide bonds. The highest BCUT2D eigenvalue weighted by atomic mass is 32.1. The van der Waals surface area contributed by atoms with E-state index in [1.807, 2.05) is 24.3 Å². The molecule has 0 saturated heterocycles. The van der Waals surface area contributed by atoms with Gasteiger partial charge in [0.05, 0.1) is 12.6 Å². The second-order valence-corrected chi connectivity index (χ2v) is 6.25. The highest BCUT2D eigenvalue weighted by Crippen LogP contribution is 2.26. The fraction of sp³-hybridized carbons (Fsp3) is 0.333. The van der Waals surface area contributed by atoms with Crippen molar-refractivity contribution in [2.75, 3.05) is 11.9 Å². The van der Waals surface area contributed by atoms with Crippen molar-refractivity contribution in [1.29, 1.82) is 0 Å². The van der Waals surface area contributed by atoms with Crippen molar-refractivity contribution < 1.29 is 9.78 Å². The fourth-order valence-electron chi connectivity index (χ4n) is 2.11. The second kappa shape index (κ2) is 6.58. The number of H-pyrrole nitrogens is 1. The lowest BCUT2D eigenvalue weighted by Gasteiger charge is -2.12. The molecule has 0 atom stereocenters. The first-order valence-electron chi connectivity index (χ1n) is 6.73. The third-order valence-corrected chi connectivity index (χ3v) is 4.08. The number of nitrogens with one attached hydrogen (secondary N) is 1. The number of hydrogen-bond acceptors (Lipinski definition) is 4. The molecule has 1 N–H and O–H groups in total. The number of rotatable bonds is 5. The summed E-state index contributed by atoms with van der Waals surface area (Å²) < 4.78 is 0. The van der Waals surface area contributed by atoms with E-state index in [-0.39, 0.29) is 5.91 Å². The van der Waals surface area contributed by atoms with Gasteiger partial charge >= 0.3 is 11.0 Å². The maximum atomic E-state index is 12.6. The minimum absolute atomic E-state index is 0.0956. The summed E-state index contributed by atoms with van der Waals surface area (Å²) in [4.78, 5) is 27.6. The number of aromatic amines is 1. The van der Waals surface area contributed by atoms with Crippen LogP contribution in [0.4, 0.5) is 10.1 Å². The van der Waals surface area contributed by atoms with Crippen molar-refractivity contribution in [2.45, 2.75) is 20.3 Å². The SMILES string of the molecule is CC(C)Cc1ccccc1C(=O)N(C)c1[nH+]cc(N=O)s1. The first-order valence-corrected chi connectivity index (χ1v) is 7.55. The number of anilines is 1. The molecule has 0 fully saturated rings. The molecule has 0 aliphatic rings. The summed E-state index contributed by atoms with van der Waals surface area (Å²) in [6, 6.07) is 7.63. The van der Waals surface area contributed by atoms with E-state index >= 15 is 0 Å². The summed E-state index contributed by atoms with van der Waals surface area (Å²) in [6.45, 7) is 4.25. The number of nitrogens with zero attached hydrogens (tertiary/aromatic N) is 2. The standard InChI is InChI=1S/C15H17N3O2S/c1-10(2)8-11-6-4-5-7-12(11)14(19)18(3)15-16-9-13(17-20)21-15/h4-7,9-10H,8H2,1-3H3/p+1. The van der Waals surface area contributed by atoms with E-state index in [1.165, 1.54) is 11.1 Å². The molecule has 1 aromatic heterocycles. The summed E-state index contributed by atoms with van der Waals surface area (Å²) in [6.07, 6.45) is 2.35. The van der Waals surface area contributed by atoms with Crippen molar-refractivity contribution in [3.63, 3.8) is 0 Å². The molecule has 21 heavy (non-hydrogen) atoms. The van der Waals surface area contributed by atoms with E-state index in [0.717, 1.165) is 23.3 Å². The van der Waals surface area contributed by atoms with Crippen LogP contribution in [0.3, 0.4) is 0 Å². The molecule has 1 aromatic carbocycles. The maximum absolute atomic E-state index is 12.6. The van der Waals surface area contributed by atoms with Gasteiger partial charge < -0.3 is 0 Å². The zero-order valence-corrected chi connectivity index (χ0v) is 13.1. The van der Waals surface area contributed by atoms with Crippen molar-refractivity contribution in [3.05, 3.63) is 46.5 Å². The van der Waals surface area contributed by atoms with Crippen molar-refractivity contribution in [2.24, 2.45) is 11.1 Å². The number of benzene rings is 1.